The van der Waals surface area contributed by atoms with Crippen molar-refractivity contribution in [1.29, 1.82) is 0 Å². The smallest absolute Gasteiger partial charge is 0.288 e. The number of nitro groups is 1. The maximum Gasteiger partial charge on any atom is 0.288 e. The molecule has 0 fully saturated rings. The van der Waals surface area contributed by atoms with E-state index in [1.54, 1.807) is 6.07 Å². The molecule has 0 amide bonds. The Morgan fingerprint density at radius 2 is 2.18 bits per heavy atom. The Morgan fingerprint density at radius 3 is 2.71 bits per heavy atom. The number of benzene rings is 1. The zero-order chi connectivity index (χ0) is 13.0. The zero-order valence-electron chi connectivity index (χ0n) is 10.3. The van der Waals surface area contributed by atoms with Gasteiger partial charge in [0, 0.05) is 12.1 Å². The summed E-state index contributed by atoms with van der Waals surface area (Å²) in [7, 11) is 0. The molecule has 0 saturated heterocycles. The standard InChI is InChI=1S/C12H17ClN2O2/c1-4-14-9(3)6-10-7-11(13)12(15(16)17)5-8(10)2/h5,7,9,14H,4,6H2,1-3H3. The van der Waals surface area contributed by atoms with Crippen LogP contribution >= 0.6 is 11.6 Å². The molecule has 0 saturated carbocycles. The minimum Gasteiger partial charge on any atom is -0.314 e. The Bertz CT molecular complexity index is 421. The van der Waals surface area contributed by atoms with E-state index in [0.29, 0.717) is 6.04 Å². The SMILES string of the molecule is CCNC(C)Cc1cc(Cl)c([N+](=O)[O-])cc1C. The molecule has 1 aromatic rings. The Balaban J connectivity index is 2.95. The molecule has 1 unspecified atom stereocenters. The molecule has 1 atom stereocenters. The summed E-state index contributed by atoms with van der Waals surface area (Å²) in [6.07, 6.45) is 0.817. The lowest BCUT2D eigenvalue weighted by Crippen LogP contribution is -2.27. The monoisotopic (exact) mass is 256 g/mol. The lowest BCUT2D eigenvalue weighted by atomic mass is 10.0. The van der Waals surface area contributed by atoms with Gasteiger partial charge in [-0.15, -0.1) is 0 Å². The lowest BCUT2D eigenvalue weighted by Gasteiger charge is -2.14. The molecule has 1 aromatic carbocycles. The van der Waals surface area contributed by atoms with Gasteiger partial charge in [-0.05, 0) is 44.0 Å². The van der Waals surface area contributed by atoms with Gasteiger partial charge in [0.15, 0.2) is 0 Å². The highest BCUT2D eigenvalue weighted by Crippen LogP contribution is 2.28. The van der Waals surface area contributed by atoms with Crippen LogP contribution in [0.15, 0.2) is 12.1 Å². The van der Waals surface area contributed by atoms with E-state index in [0.717, 1.165) is 24.1 Å². The molecule has 0 radical (unpaired) electrons. The number of halogens is 1. The highest BCUT2D eigenvalue weighted by Gasteiger charge is 2.15. The number of likely N-dealkylation sites (N-methyl/N-ethyl adjacent to an activating group) is 1. The Hall–Kier alpha value is -1.13. The average Bonchev–Trinajstić information content (AvgIpc) is 2.22. The summed E-state index contributed by atoms with van der Waals surface area (Å²) in [6, 6.07) is 3.57. The number of hydrogen-bond donors (Lipinski definition) is 1. The molecule has 0 aromatic heterocycles. The third-order valence-corrected chi connectivity index (χ3v) is 2.98. The van der Waals surface area contributed by atoms with Crippen molar-refractivity contribution >= 4 is 17.3 Å². The summed E-state index contributed by atoms with van der Waals surface area (Å²) in [5.74, 6) is 0. The molecule has 17 heavy (non-hydrogen) atoms. The Labute approximate surface area is 106 Å². The van der Waals surface area contributed by atoms with Crippen molar-refractivity contribution < 1.29 is 4.92 Å². The third kappa shape index (κ3) is 3.68. The number of hydrogen-bond acceptors (Lipinski definition) is 3. The highest BCUT2D eigenvalue weighted by molar-refractivity contribution is 6.32. The first kappa shape index (κ1) is 13.9. The van der Waals surface area contributed by atoms with Crippen LogP contribution in [0.1, 0.15) is 25.0 Å². The summed E-state index contributed by atoms with van der Waals surface area (Å²) in [5.41, 5.74) is 1.93. The van der Waals surface area contributed by atoms with Gasteiger partial charge in [0.1, 0.15) is 5.02 Å². The number of nitro benzene ring substituents is 1. The predicted octanol–water partition coefficient (Wildman–Crippen LogP) is 3.10. The van der Waals surface area contributed by atoms with Gasteiger partial charge < -0.3 is 5.32 Å². The van der Waals surface area contributed by atoms with Crippen LogP contribution in [0, 0.1) is 17.0 Å². The van der Waals surface area contributed by atoms with E-state index in [1.807, 2.05) is 13.8 Å². The van der Waals surface area contributed by atoms with Gasteiger partial charge in [-0.25, -0.2) is 0 Å². The zero-order valence-corrected chi connectivity index (χ0v) is 11.0. The first-order valence-corrected chi connectivity index (χ1v) is 6.00. The normalized spacial score (nSPS) is 12.5. The van der Waals surface area contributed by atoms with Crippen LogP contribution in [0.2, 0.25) is 5.02 Å². The van der Waals surface area contributed by atoms with Crippen molar-refractivity contribution in [3.05, 3.63) is 38.4 Å². The number of aryl methyl sites for hydroxylation is 1. The van der Waals surface area contributed by atoms with E-state index >= 15 is 0 Å². The summed E-state index contributed by atoms with van der Waals surface area (Å²) in [5, 5.41) is 14.2. The summed E-state index contributed by atoms with van der Waals surface area (Å²) in [6.45, 7) is 6.91. The fourth-order valence-corrected chi connectivity index (χ4v) is 2.07. The lowest BCUT2D eigenvalue weighted by molar-refractivity contribution is -0.384. The van der Waals surface area contributed by atoms with Crippen molar-refractivity contribution in [3.63, 3.8) is 0 Å². The molecule has 1 N–H and O–H groups in total. The third-order valence-electron chi connectivity index (χ3n) is 2.68. The first-order chi connectivity index (χ1) is 7.95. The molecule has 4 nitrogen and oxygen atoms in total. The van der Waals surface area contributed by atoms with E-state index in [-0.39, 0.29) is 10.7 Å². The van der Waals surface area contributed by atoms with E-state index < -0.39 is 4.92 Å². The molecule has 0 bridgehead atoms. The van der Waals surface area contributed by atoms with Crippen LogP contribution in [-0.2, 0) is 6.42 Å². The maximum absolute atomic E-state index is 10.7. The second kappa shape index (κ2) is 5.98. The molecule has 0 spiro atoms. The van der Waals surface area contributed by atoms with Gasteiger partial charge in [0.2, 0.25) is 0 Å². The number of nitrogens with one attached hydrogen (secondary N) is 1. The maximum atomic E-state index is 10.7. The highest BCUT2D eigenvalue weighted by atomic mass is 35.5. The molecule has 0 heterocycles. The molecular formula is C12H17ClN2O2. The molecular weight excluding hydrogens is 240 g/mol. The predicted molar refractivity (Wildman–Crippen MR) is 69.7 cm³/mol. The molecule has 5 heteroatoms. The summed E-state index contributed by atoms with van der Waals surface area (Å²) < 4.78 is 0. The minimum absolute atomic E-state index is 0.0241. The minimum atomic E-state index is -0.452. The van der Waals surface area contributed by atoms with Crippen LogP contribution in [0.25, 0.3) is 0 Å². The van der Waals surface area contributed by atoms with E-state index in [2.05, 4.69) is 12.2 Å². The second-order valence-electron chi connectivity index (χ2n) is 4.15. The van der Waals surface area contributed by atoms with Crippen LogP contribution in [0.5, 0.6) is 0 Å². The van der Waals surface area contributed by atoms with Gasteiger partial charge in [-0.2, -0.15) is 0 Å². The van der Waals surface area contributed by atoms with Crippen molar-refractivity contribution in [2.24, 2.45) is 0 Å². The second-order valence-corrected chi connectivity index (χ2v) is 4.56. The van der Waals surface area contributed by atoms with Gasteiger partial charge in [0.05, 0.1) is 4.92 Å². The van der Waals surface area contributed by atoms with Crippen molar-refractivity contribution in [3.8, 4) is 0 Å². The van der Waals surface area contributed by atoms with Crippen LogP contribution in [0.3, 0.4) is 0 Å². The molecule has 0 aliphatic carbocycles. The fraction of sp³-hybridized carbons (Fsp3) is 0.500. The van der Waals surface area contributed by atoms with Gasteiger partial charge in [0.25, 0.3) is 5.69 Å². The van der Waals surface area contributed by atoms with E-state index in [1.165, 1.54) is 6.07 Å². The number of nitrogens with zero attached hydrogens (tertiary/aromatic N) is 1. The van der Waals surface area contributed by atoms with Crippen LogP contribution < -0.4 is 5.32 Å². The Morgan fingerprint density at radius 1 is 1.53 bits per heavy atom. The first-order valence-electron chi connectivity index (χ1n) is 5.62. The topological polar surface area (TPSA) is 55.2 Å². The quantitative estimate of drug-likeness (QED) is 0.651. The van der Waals surface area contributed by atoms with Crippen molar-refractivity contribution in [2.45, 2.75) is 33.2 Å². The molecule has 94 valence electrons. The largest absolute Gasteiger partial charge is 0.314 e. The van der Waals surface area contributed by atoms with E-state index in [4.69, 9.17) is 11.6 Å². The molecule has 1 rings (SSSR count). The Kier molecular flexibility index (Phi) is 4.90. The van der Waals surface area contributed by atoms with Crippen molar-refractivity contribution in [1.82, 2.24) is 5.32 Å². The number of rotatable bonds is 5. The molecule has 0 aliphatic rings. The van der Waals surface area contributed by atoms with Crippen LogP contribution in [-0.4, -0.2) is 17.5 Å². The average molecular weight is 257 g/mol. The van der Waals surface area contributed by atoms with Gasteiger partial charge in [-0.3, -0.25) is 10.1 Å². The van der Waals surface area contributed by atoms with Crippen molar-refractivity contribution in [2.75, 3.05) is 6.54 Å². The van der Waals surface area contributed by atoms with Crippen LogP contribution in [0.4, 0.5) is 5.69 Å². The van der Waals surface area contributed by atoms with Gasteiger partial charge >= 0.3 is 0 Å². The summed E-state index contributed by atoms with van der Waals surface area (Å²) in [4.78, 5) is 10.3. The van der Waals surface area contributed by atoms with Gasteiger partial charge in [-0.1, -0.05) is 18.5 Å². The fourth-order valence-electron chi connectivity index (χ4n) is 1.82. The van der Waals surface area contributed by atoms with E-state index in [9.17, 15) is 10.1 Å². The molecule has 0 aliphatic heterocycles. The summed E-state index contributed by atoms with van der Waals surface area (Å²) >= 11 is 5.89.